The van der Waals surface area contributed by atoms with E-state index in [9.17, 15) is 18.0 Å². The minimum atomic E-state index is -4.51. The van der Waals surface area contributed by atoms with E-state index in [1.807, 2.05) is 55.5 Å². The van der Waals surface area contributed by atoms with Crippen LogP contribution in [-0.2, 0) is 17.4 Å². The Bertz CT molecular complexity index is 1210. The topological polar surface area (TPSA) is 84.2 Å². The fraction of sp³-hybridized carbons (Fsp3) is 0.321. The zero-order chi connectivity index (χ0) is 27.1. The molecule has 1 aromatic heterocycles. The summed E-state index contributed by atoms with van der Waals surface area (Å²) in [7, 11) is 0. The summed E-state index contributed by atoms with van der Waals surface area (Å²) in [6.07, 6.45) is -3.22. The van der Waals surface area contributed by atoms with Crippen molar-refractivity contribution in [3.05, 3.63) is 89.6 Å². The number of carbonyl (C=O) groups is 1. The van der Waals surface area contributed by atoms with Crippen LogP contribution in [0.4, 0.5) is 13.2 Å². The molecule has 2 atom stereocenters. The third-order valence-corrected chi connectivity index (χ3v) is 5.84. The fourth-order valence-electron chi connectivity index (χ4n) is 3.77. The van der Waals surface area contributed by atoms with Crippen LogP contribution in [0.15, 0.2) is 72.9 Å². The first-order valence-corrected chi connectivity index (χ1v) is 11.7. The lowest BCUT2D eigenvalue weighted by molar-refractivity contribution is -0.138. The van der Waals surface area contributed by atoms with Crippen molar-refractivity contribution in [1.29, 1.82) is 5.26 Å². The minimum absolute atomic E-state index is 0.0328. The third-order valence-electron chi connectivity index (χ3n) is 5.84. The number of nitrogens with one attached hydrogen (secondary N) is 1. The van der Waals surface area contributed by atoms with E-state index >= 15 is 0 Å². The van der Waals surface area contributed by atoms with Crippen molar-refractivity contribution in [3.8, 4) is 17.7 Å². The van der Waals surface area contributed by atoms with E-state index in [0.29, 0.717) is 18.4 Å². The first-order chi connectivity index (χ1) is 17.5. The number of hydrogen-bond acceptors (Lipinski definition) is 5. The molecule has 194 valence electrons. The normalized spacial score (nSPS) is 13.2. The zero-order valence-corrected chi connectivity index (χ0v) is 20.8. The molecule has 9 heteroatoms. The van der Waals surface area contributed by atoms with E-state index in [1.165, 1.54) is 13.8 Å². The number of amides is 1. The molecule has 6 nitrogen and oxygen atoms in total. The standard InChI is InChI=1S/C28H28F3N3O3/c1-19(34-26(35)27(2,3)37-25-14-11-22(18-33-25)28(29,30)31)24(21-7-5-4-6-8-21)17-20-9-12-23(13-10-20)36-16-15-32/h4-14,18-19,24H,16-17H2,1-3H3,(H,34,35). The molecule has 37 heavy (non-hydrogen) atoms. The molecule has 0 saturated carbocycles. The van der Waals surface area contributed by atoms with E-state index < -0.39 is 23.2 Å². The van der Waals surface area contributed by atoms with Gasteiger partial charge in [-0.1, -0.05) is 42.5 Å². The van der Waals surface area contributed by atoms with Crippen molar-refractivity contribution in [1.82, 2.24) is 10.3 Å². The highest BCUT2D eigenvalue weighted by molar-refractivity contribution is 5.85. The summed E-state index contributed by atoms with van der Waals surface area (Å²) in [5, 5.41) is 11.7. The molecule has 0 fully saturated rings. The molecule has 1 amide bonds. The highest BCUT2D eigenvalue weighted by Gasteiger charge is 2.34. The quantitative estimate of drug-likeness (QED) is 0.378. The van der Waals surface area contributed by atoms with Crippen molar-refractivity contribution in [2.75, 3.05) is 6.61 Å². The predicted molar refractivity (Wildman–Crippen MR) is 132 cm³/mol. The molecule has 0 bridgehead atoms. The van der Waals surface area contributed by atoms with Crippen LogP contribution in [0.5, 0.6) is 11.6 Å². The second-order valence-corrected chi connectivity index (χ2v) is 9.07. The zero-order valence-electron chi connectivity index (χ0n) is 20.8. The van der Waals surface area contributed by atoms with Gasteiger partial charge in [-0.05, 0) is 56.5 Å². The van der Waals surface area contributed by atoms with Crippen molar-refractivity contribution >= 4 is 5.91 Å². The predicted octanol–water partition coefficient (Wildman–Crippen LogP) is 5.69. The Kier molecular flexibility index (Phi) is 8.77. The van der Waals surface area contributed by atoms with Crippen LogP contribution in [0.1, 0.15) is 43.4 Å². The number of benzene rings is 2. The van der Waals surface area contributed by atoms with E-state index in [4.69, 9.17) is 14.7 Å². The van der Waals surface area contributed by atoms with Gasteiger partial charge < -0.3 is 14.8 Å². The summed E-state index contributed by atoms with van der Waals surface area (Å²) >= 11 is 0. The monoisotopic (exact) mass is 511 g/mol. The van der Waals surface area contributed by atoms with Gasteiger partial charge in [-0.2, -0.15) is 18.4 Å². The van der Waals surface area contributed by atoms with Crippen LogP contribution in [0.3, 0.4) is 0 Å². The molecule has 1 heterocycles. The molecule has 0 aliphatic carbocycles. The smallest absolute Gasteiger partial charge is 0.417 e. The van der Waals surface area contributed by atoms with E-state index in [-0.39, 0.29) is 24.4 Å². The average molecular weight is 512 g/mol. The van der Waals surface area contributed by atoms with Crippen molar-refractivity contribution in [2.45, 2.75) is 50.9 Å². The first kappa shape index (κ1) is 27.5. The van der Waals surface area contributed by atoms with Crippen LogP contribution in [0, 0.1) is 11.3 Å². The summed E-state index contributed by atoms with van der Waals surface area (Å²) in [6, 6.07) is 20.8. The summed E-state index contributed by atoms with van der Waals surface area (Å²) < 4.78 is 49.4. The van der Waals surface area contributed by atoms with Gasteiger partial charge in [-0.3, -0.25) is 4.79 Å². The Morgan fingerprint density at radius 3 is 2.30 bits per heavy atom. The van der Waals surface area contributed by atoms with Crippen LogP contribution < -0.4 is 14.8 Å². The van der Waals surface area contributed by atoms with Gasteiger partial charge in [0.05, 0.1) is 5.56 Å². The summed E-state index contributed by atoms with van der Waals surface area (Å²) in [5.41, 5.74) is -0.236. The van der Waals surface area contributed by atoms with Crippen molar-refractivity contribution in [2.24, 2.45) is 0 Å². The maximum absolute atomic E-state index is 13.2. The molecule has 0 aliphatic heterocycles. The van der Waals surface area contributed by atoms with Crippen molar-refractivity contribution in [3.63, 3.8) is 0 Å². The largest absolute Gasteiger partial charge is 0.479 e. The number of pyridine rings is 1. The number of aromatic nitrogens is 1. The summed E-state index contributed by atoms with van der Waals surface area (Å²) in [6.45, 7) is 4.93. The Morgan fingerprint density at radius 1 is 1.05 bits per heavy atom. The van der Waals surface area contributed by atoms with Crippen LogP contribution in [0.25, 0.3) is 0 Å². The lowest BCUT2D eigenvalue weighted by Gasteiger charge is -2.30. The maximum Gasteiger partial charge on any atom is 0.417 e. The first-order valence-electron chi connectivity index (χ1n) is 11.7. The van der Waals surface area contributed by atoms with Crippen LogP contribution >= 0.6 is 0 Å². The molecular formula is C28H28F3N3O3. The Morgan fingerprint density at radius 2 is 1.73 bits per heavy atom. The highest BCUT2D eigenvalue weighted by Crippen LogP contribution is 2.30. The third kappa shape index (κ3) is 7.71. The van der Waals surface area contributed by atoms with E-state index in [1.54, 1.807) is 12.1 Å². The SMILES string of the molecule is CC(NC(=O)C(C)(C)Oc1ccc(C(F)(F)F)cn1)C(Cc1ccc(OCC#N)cc1)c1ccccc1. The Balaban J connectivity index is 1.72. The second-order valence-electron chi connectivity index (χ2n) is 9.07. The Labute approximate surface area is 214 Å². The van der Waals surface area contributed by atoms with Gasteiger partial charge in [0.2, 0.25) is 5.88 Å². The van der Waals surface area contributed by atoms with Crippen LogP contribution in [-0.4, -0.2) is 29.1 Å². The minimum Gasteiger partial charge on any atom is -0.479 e. The maximum atomic E-state index is 13.2. The molecule has 3 rings (SSSR count). The van der Waals surface area contributed by atoms with Crippen LogP contribution in [0.2, 0.25) is 0 Å². The van der Waals surface area contributed by atoms with Crippen molar-refractivity contribution < 1.29 is 27.4 Å². The summed E-state index contributed by atoms with van der Waals surface area (Å²) in [5.74, 6) is -0.00305. The lowest BCUT2D eigenvalue weighted by Crippen LogP contribution is -2.51. The van der Waals surface area contributed by atoms with Gasteiger partial charge in [0.1, 0.15) is 11.8 Å². The van der Waals surface area contributed by atoms with Gasteiger partial charge in [0, 0.05) is 24.2 Å². The number of halogens is 3. The molecule has 0 spiro atoms. The average Bonchev–Trinajstić information content (AvgIpc) is 2.86. The highest BCUT2D eigenvalue weighted by atomic mass is 19.4. The van der Waals surface area contributed by atoms with Gasteiger partial charge >= 0.3 is 6.18 Å². The summed E-state index contributed by atoms with van der Waals surface area (Å²) in [4.78, 5) is 16.9. The number of ether oxygens (including phenoxy) is 2. The van der Waals surface area contributed by atoms with E-state index in [2.05, 4.69) is 10.3 Å². The number of hydrogen-bond donors (Lipinski definition) is 1. The molecule has 2 aromatic carbocycles. The fourth-order valence-corrected chi connectivity index (χ4v) is 3.77. The Hall–Kier alpha value is -4.06. The molecular weight excluding hydrogens is 483 g/mol. The van der Waals surface area contributed by atoms with E-state index in [0.717, 1.165) is 23.3 Å². The lowest BCUT2D eigenvalue weighted by atomic mass is 9.86. The second kappa shape index (κ2) is 11.8. The van der Waals surface area contributed by atoms with Gasteiger partial charge in [-0.15, -0.1) is 0 Å². The molecule has 0 aliphatic rings. The number of nitriles is 1. The number of carbonyl (C=O) groups excluding carboxylic acids is 1. The number of rotatable bonds is 10. The van der Waals surface area contributed by atoms with Gasteiger partial charge in [0.25, 0.3) is 5.91 Å². The van der Waals surface area contributed by atoms with Gasteiger partial charge in [-0.25, -0.2) is 4.98 Å². The number of alkyl halides is 3. The number of nitrogens with zero attached hydrogens (tertiary/aromatic N) is 2. The van der Waals surface area contributed by atoms with Gasteiger partial charge in [0.15, 0.2) is 12.2 Å². The molecule has 3 aromatic rings. The molecule has 0 saturated heterocycles. The molecule has 2 unspecified atom stereocenters. The molecule has 0 radical (unpaired) electrons. The molecule has 1 N–H and O–H groups in total.